The highest BCUT2D eigenvalue weighted by molar-refractivity contribution is 6.24. The molecule has 26 heavy (non-hydrogen) atoms. The first-order valence-electron chi connectivity index (χ1n) is 7.59. The fourth-order valence-electron chi connectivity index (χ4n) is 2.14. The van der Waals surface area contributed by atoms with E-state index in [4.69, 9.17) is 4.74 Å². The maximum Gasteiger partial charge on any atom is 0.324 e. The van der Waals surface area contributed by atoms with Crippen molar-refractivity contribution in [3.05, 3.63) is 44.0 Å². The van der Waals surface area contributed by atoms with Crippen molar-refractivity contribution in [1.29, 1.82) is 0 Å². The Balaban J connectivity index is 3.52. The minimum atomic E-state index is -1.89. The van der Waals surface area contributed by atoms with Crippen molar-refractivity contribution in [3.63, 3.8) is 0 Å². The van der Waals surface area contributed by atoms with Gasteiger partial charge in [0.25, 0.3) is 11.4 Å². The molecule has 1 aromatic rings. The zero-order valence-electron chi connectivity index (χ0n) is 14.7. The summed E-state index contributed by atoms with van der Waals surface area (Å²) in [5.74, 6) is -4.92. The molecule has 0 heterocycles. The van der Waals surface area contributed by atoms with Crippen LogP contribution in [0.25, 0.3) is 0 Å². The molecule has 0 aliphatic rings. The lowest BCUT2D eigenvalue weighted by Crippen LogP contribution is -2.40. The SMILES string of the molecule is CCOC(=O)C(C(=O)c1ccc([N+](=O)[O-])cc1[N+](=O)[O-])C(=O)C(C)(C)C. The second-order valence-corrected chi connectivity index (χ2v) is 6.38. The quantitative estimate of drug-likeness (QED) is 0.235. The number of carbonyl (C=O) groups is 3. The van der Waals surface area contributed by atoms with Crippen LogP contribution in [-0.4, -0.2) is 34.0 Å². The number of esters is 1. The van der Waals surface area contributed by atoms with Gasteiger partial charge in [-0.15, -0.1) is 0 Å². The maximum absolute atomic E-state index is 12.8. The van der Waals surface area contributed by atoms with Gasteiger partial charge >= 0.3 is 5.97 Å². The summed E-state index contributed by atoms with van der Waals surface area (Å²) in [6.07, 6.45) is 0. The van der Waals surface area contributed by atoms with Crippen LogP contribution in [0.4, 0.5) is 11.4 Å². The van der Waals surface area contributed by atoms with Crippen LogP contribution in [-0.2, 0) is 14.3 Å². The summed E-state index contributed by atoms with van der Waals surface area (Å²) < 4.78 is 4.77. The van der Waals surface area contributed by atoms with Gasteiger partial charge in [0, 0.05) is 11.5 Å². The van der Waals surface area contributed by atoms with Gasteiger partial charge in [0.2, 0.25) is 0 Å². The topological polar surface area (TPSA) is 147 Å². The van der Waals surface area contributed by atoms with E-state index < -0.39 is 55.7 Å². The molecule has 0 fully saturated rings. The van der Waals surface area contributed by atoms with Crippen molar-refractivity contribution in [1.82, 2.24) is 0 Å². The van der Waals surface area contributed by atoms with Crippen LogP contribution in [0.2, 0.25) is 0 Å². The molecule has 1 aromatic carbocycles. The number of hydrogen-bond donors (Lipinski definition) is 0. The number of nitro groups is 2. The lowest BCUT2D eigenvalue weighted by molar-refractivity contribution is -0.394. The molecule has 0 N–H and O–H groups in total. The Bertz CT molecular complexity index is 779. The first-order valence-corrected chi connectivity index (χ1v) is 7.59. The number of carbonyl (C=O) groups excluding carboxylic acids is 3. The molecule has 10 heteroatoms. The molecule has 0 amide bonds. The predicted octanol–water partition coefficient (Wildman–Crippen LogP) is 2.48. The number of non-ortho nitro benzene ring substituents is 1. The van der Waals surface area contributed by atoms with Crippen molar-refractivity contribution >= 4 is 28.9 Å². The van der Waals surface area contributed by atoms with Crippen LogP contribution in [0.15, 0.2) is 18.2 Å². The monoisotopic (exact) mass is 366 g/mol. The number of ether oxygens (including phenoxy) is 1. The molecular formula is C16H18N2O8. The van der Waals surface area contributed by atoms with Crippen molar-refractivity contribution < 1.29 is 29.0 Å². The van der Waals surface area contributed by atoms with Crippen LogP contribution in [0.5, 0.6) is 0 Å². The fraction of sp³-hybridized carbons (Fsp3) is 0.438. The maximum atomic E-state index is 12.8. The van der Waals surface area contributed by atoms with Gasteiger partial charge in [-0.05, 0) is 13.0 Å². The standard InChI is InChI=1S/C16H18N2O8/c1-5-26-15(21)12(14(20)16(2,3)4)13(19)10-7-6-9(17(22)23)8-11(10)18(24)25/h6-8,12H,5H2,1-4H3. The van der Waals surface area contributed by atoms with Crippen LogP contribution in [0.3, 0.4) is 0 Å². The first kappa shape index (κ1) is 20.9. The molecule has 1 rings (SSSR count). The molecule has 140 valence electrons. The van der Waals surface area contributed by atoms with Crippen LogP contribution >= 0.6 is 0 Å². The lowest BCUT2D eigenvalue weighted by atomic mass is 9.79. The summed E-state index contributed by atoms with van der Waals surface area (Å²) in [5, 5.41) is 22.0. The van der Waals surface area contributed by atoms with Gasteiger partial charge in [-0.25, -0.2) is 0 Å². The number of nitrogens with zero attached hydrogens (tertiary/aromatic N) is 2. The van der Waals surface area contributed by atoms with Gasteiger partial charge < -0.3 is 4.74 Å². The van der Waals surface area contributed by atoms with Gasteiger partial charge in [-0.1, -0.05) is 20.8 Å². The molecule has 0 spiro atoms. The Kier molecular flexibility index (Phi) is 6.27. The molecule has 10 nitrogen and oxygen atoms in total. The molecule has 0 radical (unpaired) electrons. The largest absolute Gasteiger partial charge is 0.465 e. The number of benzene rings is 1. The molecule has 0 aliphatic carbocycles. The van der Waals surface area contributed by atoms with E-state index in [2.05, 4.69) is 0 Å². The smallest absolute Gasteiger partial charge is 0.324 e. The van der Waals surface area contributed by atoms with E-state index in [9.17, 15) is 34.6 Å². The summed E-state index contributed by atoms with van der Waals surface area (Å²) in [5.41, 5.74) is -3.12. The summed E-state index contributed by atoms with van der Waals surface area (Å²) in [6.45, 7) is 5.84. The Morgan fingerprint density at radius 2 is 1.69 bits per heavy atom. The van der Waals surface area contributed by atoms with Crippen LogP contribution < -0.4 is 0 Å². The van der Waals surface area contributed by atoms with E-state index in [1.807, 2.05) is 0 Å². The highest BCUT2D eigenvalue weighted by Gasteiger charge is 2.43. The molecule has 0 aliphatic heterocycles. The molecular weight excluding hydrogens is 348 g/mol. The lowest BCUT2D eigenvalue weighted by Gasteiger charge is -2.22. The molecule has 0 aromatic heterocycles. The molecule has 0 saturated carbocycles. The first-order chi connectivity index (χ1) is 11.9. The summed E-state index contributed by atoms with van der Waals surface area (Å²) >= 11 is 0. The zero-order valence-corrected chi connectivity index (χ0v) is 14.7. The van der Waals surface area contributed by atoms with E-state index >= 15 is 0 Å². The van der Waals surface area contributed by atoms with Gasteiger partial charge in [0.05, 0.1) is 28.1 Å². The predicted molar refractivity (Wildman–Crippen MR) is 88.7 cm³/mol. The number of hydrogen-bond acceptors (Lipinski definition) is 8. The second-order valence-electron chi connectivity index (χ2n) is 6.38. The zero-order chi connectivity index (χ0) is 20.2. The van der Waals surface area contributed by atoms with Gasteiger partial charge in [0.1, 0.15) is 0 Å². The Morgan fingerprint density at radius 3 is 2.12 bits per heavy atom. The second kappa shape index (κ2) is 7.81. The van der Waals surface area contributed by atoms with E-state index in [1.165, 1.54) is 27.7 Å². The number of Topliss-reactive ketones (excluding diaryl/α,β-unsaturated/α-hetero) is 2. The van der Waals surface area contributed by atoms with Crippen molar-refractivity contribution in [2.24, 2.45) is 11.3 Å². The van der Waals surface area contributed by atoms with Crippen LogP contribution in [0.1, 0.15) is 38.1 Å². The van der Waals surface area contributed by atoms with Crippen LogP contribution in [0, 0.1) is 31.6 Å². The summed E-state index contributed by atoms with van der Waals surface area (Å²) in [4.78, 5) is 57.6. The summed E-state index contributed by atoms with van der Waals surface area (Å²) in [7, 11) is 0. The van der Waals surface area contributed by atoms with Crippen molar-refractivity contribution in [2.75, 3.05) is 6.61 Å². The third kappa shape index (κ3) is 4.47. The minimum absolute atomic E-state index is 0.0949. The van der Waals surface area contributed by atoms with E-state index in [-0.39, 0.29) is 6.61 Å². The average molecular weight is 366 g/mol. The number of nitro benzene ring substituents is 2. The van der Waals surface area contributed by atoms with E-state index in [0.717, 1.165) is 12.1 Å². The number of ketones is 2. The molecule has 0 saturated heterocycles. The van der Waals surface area contributed by atoms with Crippen molar-refractivity contribution in [3.8, 4) is 0 Å². The Morgan fingerprint density at radius 1 is 1.12 bits per heavy atom. The van der Waals surface area contributed by atoms with Gasteiger partial charge in [-0.3, -0.25) is 34.6 Å². The van der Waals surface area contributed by atoms with Gasteiger partial charge in [-0.2, -0.15) is 0 Å². The van der Waals surface area contributed by atoms with Gasteiger partial charge in [0.15, 0.2) is 17.5 Å². The molecule has 0 bridgehead atoms. The number of rotatable bonds is 7. The molecule has 1 atom stereocenters. The highest BCUT2D eigenvalue weighted by atomic mass is 16.6. The fourth-order valence-corrected chi connectivity index (χ4v) is 2.14. The molecule has 1 unspecified atom stereocenters. The minimum Gasteiger partial charge on any atom is -0.465 e. The van der Waals surface area contributed by atoms with Crippen molar-refractivity contribution in [2.45, 2.75) is 27.7 Å². The highest BCUT2D eigenvalue weighted by Crippen LogP contribution is 2.30. The normalized spacial score (nSPS) is 12.2. The van der Waals surface area contributed by atoms with E-state index in [1.54, 1.807) is 0 Å². The van der Waals surface area contributed by atoms with E-state index in [0.29, 0.717) is 6.07 Å². The Hall–Kier alpha value is -3.17. The third-order valence-electron chi connectivity index (χ3n) is 3.44. The Labute approximate surface area is 148 Å². The third-order valence-corrected chi connectivity index (χ3v) is 3.44. The summed E-state index contributed by atoms with van der Waals surface area (Å²) in [6, 6.07) is 2.36. The average Bonchev–Trinajstić information content (AvgIpc) is 2.53.